The molecule has 2 nitrogen and oxygen atoms in total. The van der Waals surface area contributed by atoms with Crippen molar-refractivity contribution in [1.82, 2.24) is 9.78 Å². The molecule has 0 N–H and O–H groups in total. The van der Waals surface area contributed by atoms with Gasteiger partial charge in [0.2, 0.25) is 0 Å². The lowest BCUT2D eigenvalue weighted by Crippen LogP contribution is -1.89. The molecule has 2 aromatic heterocycles. The van der Waals surface area contributed by atoms with Gasteiger partial charge < -0.3 is 0 Å². The van der Waals surface area contributed by atoms with Gasteiger partial charge in [-0.15, -0.1) is 11.3 Å². The van der Waals surface area contributed by atoms with Crippen LogP contribution in [0, 0.1) is 6.92 Å². The van der Waals surface area contributed by atoms with Crippen LogP contribution in [0.1, 0.15) is 5.69 Å². The Morgan fingerprint density at radius 2 is 2.13 bits per heavy atom. The summed E-state index contributed by atoms with van der Waals surface area (Å²) in [6.07, 6.45) is 0. The SMILES string of the molecule is Cc1nn(C)c2c1sc1c(Cl)cccc12. The first kappa shape index (κ1) is 9.19. The molecule has 1 aromatic carbocycles. The predicted octanol–water partition coefficient (Wildman–Crippen LogP) is 3.75. The summed E-state index contributed by atoms with van der Waals surface area (Å²) in [6.45, 7) is 2.03. The molecule has 0 saturated carbocycles. The lowest BCUT2D eigenvalue weighted by atomic mass is 10.2. The van der Waals surface area contributed by atoms with Gasteiger partial charge in [0.25, 0.3) is 0 Å². The lowest BCUT2D eigenvalue weighted by Gasteiger charge is -1.94. The number of aromatic nitrogens is 2. The predicted molar refractivity (Wildman–Crippen MR) is 65.8 cm³/mol. The van der Waals surface area contributed by atoms with Gasteiger partial charge in [-0.05, 0) is 13.0 Å². The quantitative estimate of drug-likeness (QED) is 0.581. The van der Waals surface area contributed by atoms with E-state index < -0.39 is 0 Å². The Bertz CT molecular complexity index is 666. The third-order valence-corrected chi connectivity index (χ3v) is 4.36. The number of rotatable bonds is 0. The van der Waals surface area contributed by atoms with Crippen LogP contribution in [0.3, 0.4) is 0 Å². The number of fused-ring (bicyclic) bond motifs is 3. The molecule has 0 amide bonds. The highest BCUT2D eigenvalue weighted by molar-refractivity contribution is 7.26. The molecule has 0 saturated heterocycles. The lowest BCUT2D eigenvalue weighted by molar-refractivity contribution is 0.785. The van der Waals surface area contributed by atoms with Crippen LogP contribution in [-0.4, -0.2) is 9.78 Å². The van der Waals surface area contributed by atoms with Gasteiger partial charge in [-0.2, -0.15) is 5.10 Å². The van der Waals surface area contributed by atoms with Crippen molar-refractivity contribution in [2.24, 2.45) is 7.05 Å². The molecule has 3 rings (SSSR count). The third-order valence-electron chi connectivity index (χ3n) is 2.59. The Labute approximate surface area is 96.1 Å². The summed E-state index contributed by atoms with van der Waals surface area (Å²) in [4.78, 5) is 0. The van der Waals surface area contributed by atoms with Crippen LogP contribution < -0.4 is 0 Å². The standard InChI is InChI=1S/C11H9ClN2S/c1-6-10-9(14(2)13-6)7-4-3-5-8(12)11(7)15-10/h3-5H,1-2H3. The van der Waals surface area contributed by atoms with Gasteiger partial charge >= 0.3 is 0 Å². The smallest absolute Gasteiger partial charge is 0.0869 e. The second-order valence-electron chi connectivity index (χ2n) is 3.61. The first-order chi connectivity index (χ1) is 7.18. The highest BCUT2D eigenvalue weighted by atomic mass is 35.5. The number of hydrogen-bond donors (Lipinski definition) is 0. The number of halogens is 1. The van der Waals surface area contributed by atoms with Gasteiger partial charge in [0.05, 0.1) is 25.6 Å². The number of benzene rings is 1. The van der Waals surface area contributed by atoms with Gasteiger partial charge in [0, 0.05) is 12.4 Å². The van der Waals surface area contributed by atoms with E-state index in [1.54, 1.807) is 11.3 Å². The molecule has 0 spiro atoms. The average molecular weight is 237 g/mol. The van der Waals surface area contributed by atoms with E-state index >= 15 is 0 Å². The van der Waals surface area contributed by atoms with E-state index in [4.69, 9.17) is 11.6 Å². The third kappa shape index (κ3) is 1.13. The molecule has 15 heavy (non-hydrogen) atoms. The van der Waals surface area contributed by atoms with E-state index in [0.29, 0.717) is 0 Å². The Hall–Kier alpha value is -1.06. The first-order valence-electron chi connectivity index (χ1n) is 4.69. The zero-order valence-electron chi connectivity index (χ0n) is 8.41. The van der Waals surface area contributed by atoms with Crippen LogP contribution in [-0.2, 0) is 7.05 Å². The van der Waals surface area contributed by atoms with Gasteiger partial charge in [0.15, 0.2) is 0 Å². The van der Waals surface area contributed by atoms with Gasteiger partial charge in [-0.1, -0.05) is 23.7 Å². The maximum atomic E-state index is 6.17. The molecule has 0 unspecified atom stereocenters. The second-order valence-corrected chi connectivity index (χ2v) is 5.03. The fourth-order valence-electron chi connectivity index (χ4n) is 1.96. The first-order valence-corrected chi connectivity index (χ1v) is 5.88. The van der Waals surface area contributed by atoms with Crippen LogP contribution in [0.5, 0.6) is 0 Å². The van der Waals surface area contributed by atoms with Crippen LogP contribution in [0.15, 0.2) is 18.2 Å². The Morgan fingerprint density at radius 1 is 1.33 bits per heavy atom. The Morgan fingerprint density at radius 3 is 2.93 bits per heavy atom. The van der Waals surface area contributed by atoms with Crippen molar-refractivity contribution < 1.29 is 0 Å². The van der Waals surface area contributed by atoms with Crippen molar-refractivity contribution in [1.29, 1.82) is 0 Å². The molecule has 0 aliphatic rings. The minimum atomic E-state index is 0.827. The largest absolute Gasteiger partial charge is 0.266 e. The summed E-state index contributed by atoms with van der Waals surface area (Å²) in [6, 6.07) is 6.02. The van der Waals surface area contributed by atoms with Gasteiger partial charge in [-0.3, -0.25) is 4.68 Å². The Kier molecular flexibility index (Phi) is 1.82. The molecule has 2 heterocycles. The normalized spacial score (nSPS) is 11.7. The van der Waals surface area contributed by atoms with Crippen LogP contribution in [0.4, 0.5) is 0 Å². The van der Waals surface area contributed by atoms with Crippen molar-refractivity contribution in [2.75, 3.05) is 0 Å². The molecule has 4 heteroatoms. The van der Waals surface area contributed by atoms with Crippen LogP contribution in [0.25, 0.3) is 20.3 Å². The Balaban J connectivity index is 2.65. The highest BCUT2D eigenvalue weighted by Gasteiger charge is 2.13. The van der Waals surface area contributed by atoms with E-state index in [2.05, 4.69) is 11.2 Å². The van der Waals surface area contributed by atoms with E-state index in [1.807, 2.05) is 30.8 Å². The molecule has 0 fully saturated rings. The van der Waals surface area contributed by atoms with Crippen molar-refractivity contribution >= 4 is 43.2 Å². The van der Waals surface area contributed by atoms with Crippen LogP contribution in [0.2, 0.25) is 5.02 Å². The average Bonchev–Trinajstić information content (AvgIpc) is 2.68. The maximum Gasteiger partial charge on any atom is 0.0869 e. The number of aryl methyl sites for hydroxylation is 2. The minimum Gasteiger partial charge on any atom is -0.266 e. The van der Waals surface area contributed by atoms with E-state index in [0.717, 1.165) is 15.4 Å². The molecule has 0 bridgehead atoms. The number of thiophene rings is 1. The molecule has 0 aliphatic carbocycles. The summed E-state index contributed by atoms with van der Waals surface area (Å²) in [7, 11) is 1.97. The summed E-state index contributed by atoms with van der Waals surface area (Å²) < 4.78 is 4.32. The minimum absolute atomic E-state index is 0.827. The van der Waals surface area contributed by atoms with Gasteiger partial charge in [-0.25, -0.2) is 0 Å². The molecule has 0 aliphatic heterocycles. The molecule has 0 atom stereocenters. The number of hydrogen-bond acceptors (Lipinski definition) is 2. The zero-order chi connectivity index (χ0) is 10.6. The van der Waals surface area contributed by atoms with Crippen molar-refractivity contribution in [3.63, 3.8) is 0 Å². The fraction of sp³-hybridized carbons (Fsp3) is 0.182. The fourth-order valence-corrected chi connectivity index (χ4v) is 3.42. The summed E-state index contributed by atoms with van der Waals surface area (Å²) in [5, 5.41) is 6.44. The second kappa shape index (κ2) is 2.97. The molecule has 3 aromatic rings. The van der Waals surface area contributed by atoms with E-state index in [9.17, 15) is 0 Å². The maximum absolute atomic E-state index is 6.17. The topological polar surface area (TPSA) is 17.8 Å². The van der Waals surface area contributed by atoms with Crippen LogP contribution >= 0.6 is 22.9 Å². The molecular formula is C11H9ClN2S. The molecule has 0 radical (unpaired) electrons. The molecular weight excluding hydrogens is 228 g/mol. The van der Waals surface area contributed by atoms with E-state index in [1.165, 1.54) is 15.6 Å². The summed E-state index contributed by atoms with van der Waals surface area (Å²) in [5.41, 5.74) is 2.26. The van der Waals surface area contributed by atoms with Crippen molar-refractivity contribution in [3.8, 4) is 0 Å². The summed E-state index contributed by atoms with van der Waals surface area (Å²) >= 11 is 7.89. The van der Waals surface area contributed by atoms with E-state index in [-0.39, 0.29) is 0 Å². The summed E-state index contributed by atoms with van der Waals surface area (Å²) in [5.74, 6) is 0. The molecule has 76 valence electrons. The van der Waals surface area contributed by atoms with Crippen molar-refractivity contribution in [2.45, 2.75) is 6.92 Å². The highest BCUT2D eigenvalue weighted by Crippen LogP contribution is 2.38. The zero-order valence-corrected chi connectivity index (χ0v) is 9.99. The monoisotopic (exact) mass is 236 g/mol. The number of nitrogens with zero attached hydrogens (tertiary/aromatic N) is 2. The van der Waals surface area contributed by atoms with Crippen molar-refractivity contribution in [3.05, 3.63) is 28.9 Å². The van der Waals surface area contributed by atoms with Gasteiger partial charge in [0.1, 0.15) is 0 Å².